The van der Waals surface area contributed by atoms with E-state index >= 15 is 0 Å². The van der Waals surface area contributed by atoms with Crippen molar-refractivity contribution >= 4 is 15.9 Å². The average molecular weight is 312 g/mol. The molecule has 0 saturated carbocycles. The van der Waals surface area contributed by atoms with Crippen LogP contribution in [0.4, 0.5) is 13.2 Å². The van der Waals surface area contributed by atoms with E-state index in [0.717, 1.165) is 5.56 Å². The van der Waals surface area contributed by atoms with E-state index in [1.807, 2.05) is 13.8 Å². The Balaban J connectivity index is 2.79. The first-order valence-electron chi connectivity index (χ1n) is 5.05. The highest BCUT2D eigenvalue weighted by Gasteiger charge is 2.31. The van der Waals surface area contributed by atoms with Crippen LogP contribution in [0.25, 0.3) is 0 Å². The third kappa shape index (κ3) is 5.93. The van der Waals surface area contributed by atoms with Gasteiger partial charge in [-0.25, -0.2) is 0 Å². The number of hydrogen-bond donors (Lipinski definition) is 1. The second kappa shape index (κ2) is 5.73. The van der Waals surface area contributed by atoms with Gasteiger partial charge in [0, 0.05) is 17.1 Å². The Morgan fingerprint density at radius 3 is 2.47 bits per heavy atom. The molecule has 2 nitrogen and oxygen atoms in total. The van der Waals surface area contributed by atoms with Crippen LogP contribution < -0.4 is 10.1 Å². The Morgan fingerprint density at radius 1 is 1.29 bits per heavy atom. The number of ether oxygens (including phenoxy) is 1. The van der Waals surface area contributed by atoms with Crippen LogP contribution in [0.5, 0.6) is 5.75 Å². The Labute approximate surface area is 106 Å². The summed E-state index contributed by atoms with van der Waals surface area (Å²) in [5.41, 5.74) is 0.729. The molecule has 96 valence electrons. The van der Waals surface area contributed by atoms with Crippen molar-refractivity contribution in [3.8, 4) is 5.75 Å². The SMILES string of the molecule is CC(C)NCc1cc(Br)cc(OC(F)(F)F)c1. The summed E-state index contributed by atoms with van der Waals surface area (Å²) in [4.78, 5) is 0. The zero-order chi connectivity index (χ0) is 13.1. The van der Waals surface area contributed by atoms with Crippen LogP contribution in [0.2, 0.25) is 0 Å². The van der Waals surface area contributed by atoms with E-state index in [-0.39, 0.29) is 11.8 Å². The minimum Gasteiger partial charge on any atom is -0.406 e. The summed E-state index contributed by atoms with van der Waals surface area (Å²) in [7, 11) is 0. The van der Waals surface area contributed by atoms with Gasteiger partial charge in [0.1, 0.15) is 5.75 Å². The lowest BCUT2D eigenvalue weighted by Crippen LogP contribution is -2.22. The highest BCUT2D eigenvalue weighted by Crippen LogP contribution is 2.27. The van der Waals surface area contributed by atoms with E-state index in [0.29, 0.717) is 11.0 Å². The van der Waals surface area contributed by atoms with E-state index in [1.54, 1.807) is 6.07 Å². The highest BCUT2D eigenvalue weighted by molar-refractivity contribution is 9.10. The largest absolute Gasteiger partial charge is 0.573 e. The van der Waals surface area contributed by atoms with Gasteiger partial charge in [0.05, 0.1) is 0 Å². The summed E-state index contributed by atoms with van der Waals surface area (Å²) < 4.78 is 40.6. The van der Waals surface area contributed by atoms with Crippen molar-refractivity contribution in [1.82, 2.24) is 5.32 Å². The predicted octanol–water partition coefficient (Wildman–Crippen LogP) is 3.85. The third-order valence-electron chi connectivity index (χ3n) is 1.88. The Bertz CT molecular complexity index is 379. The highest BCUT2D eigenvalue weighted by atomic mass is 79.9. The molecule has 0 aliphatic heterocycles. The van der Waals surface area contributed by atoms with Crippen molar-refractivity contribution in [2.45, 2.75) is 32.8 Å². The molecule has 0 saturated heterocycles. The van der Waals surface area contributed by atoms with Gasteiger partial charge in [0.15, 0.2) is 0 Å². The average Bonchev–Trinajstić information content (AvgIpc) is 2.10. The smallest absolute Gasteiger partial charge is 0.406 e. The molecule has 1 aromatic carbocycles. The van der Waals surface area contributed by atoms with Gasteiger partial charge in [-0.2, -0.15) is 0 Å². The molecule has 17 heavy (non-hydrogen) atoms. The molecule has 0 aromatic heterocycles. The second-order valence-electron chi connectivity index (χ2n) is 3.88. The van der Waals surface area contributed by atoms with E-state index in [1.165, 1.54) is 12.1 Å². The molecule has 0 unspecified atom stereocenters. The van der Waals surface area contributed by atoms with Gasteiger partial charge in [0.25, 0.3) is 0 Å². The van der Waals surface area contributed by atoms with Gasteiger partial charge in [-0.3, -0.25) is 0 Å². The lowest BCUT2D eigenvalue weighted by Gasteiger charge is -2.12. The molecular formula is C11H13BrF3NO. The van der Waals surface area contributed by atoms with Crippen molar-refractivity contribution in [3.05, 3.63) is 28.2 Å². The van der Waals surface area contributed by atoms with Crippen molar-refractivity contribution < 1.29 is 17.9 Å². The molecule has 0 bridgehead atoms. The monoisotopic (exact) mass is 311 g/mol. The fraction of sp³-hybridized carbons (Fsp3) is 0.455. The van der Waals surface area contributed by atoms with Gasteiger partial charge in [-0.15, -0.1) is 13.2 Å². The zero-order valence-electron chi connectivity index (χ0n) is 9.44. The van der Waals surface area contributed by atoms with Gasteiger partial charge in [-0.1, -0.05) is 29.8 Å². The molecule has 0 spiro atoms. The zero-order valence-corrected chi connectivity index (χ0v) is 11.0. The van der Waals surface area contributed by atoms with Crippen molar-refractivity contribution in [2.75, 3.05) is 0 Å². The first-order chi connectivity index (χ1) is 7.76. The summed E-state index contributed by atoms with van der Waals surface area (Å²) >= 11 is 3.15. The number of rotatable bonds is 4. The molecule has 0 aliphatic rings. The first-order valence-corrected chi connectivity index (χ1v) is 5.84. The Morgan fingerprint density at radius 2 is 1.94 bits per heavy atom. The van der Waals surface area contributed by atoms with Crippen molar-refractivity contribution in [1.29, 1.82) is 0 Å². The number of alkyl halides is 3. The first kappa shape index (κ1) is 14.3. The van der Waals surface area contributed by atoms with Gasteiger partial charge in [-0.05, 0) is 23.8 Å². The van der Waals surface area contributed by atoms with Gasteiger partial charge >= 0.3 is 6.36 Å². The molecule has 6 heteroatoms. The van der Waals surface area contributed by atoms with Crippen molar-refractivity contribution in [3.63, 3.8) is 0 Å². The van der Waals surface area contributed by atoms with Crippen LogP contribution in [0.3, 0.4) is 0 Å². The van der Waals surface area contributed by atoms with E-state index in [9.17, 15) is 13.2 Å². The number of nitrogens with one attached hydrogen (secondary N) is 1. The second-order valence-corrected chi connectivity index (χ2v) is 4.79. The summed E-state index contributed by atoms with van der Waals surface area (Å²) in [5.74, 6) is -0.215. The normalized spacial score (nSPS) is 11.9. The fourth-order valence-corrected chi connectivity index (χ4v) is 1.76. The Kier molecular flexibility index (Phi) is 4.82. The number of hydrogen-bond acceptors (Lipinski definition) is 2. The molecule has 1 N–H and O–H groups in total. The lowest BCUT2D eigenvalue weighted by atomic mass is 10.2. The molecule has 1 rings (SSSR count). The lowest BCUT2D eigenvalue weighted by molar-refractivity contribution is -0.274. The molecule has 1 aromatic rings. The van der Waals surface area contributed by atoms with Crippen LogP contribution in [-0.2, 0) is 6.54 Å². The molecule has 0 fully saturated rings. The third-order valence-corrected chi connectivity index (χ3v) is 2.34. The van der Waals surface area contributed by atoms with Gasteiger partial charge in [0.2, 0.25) is 0 Å². The van der Waals surface area contributed by atoms with Crippen molar-refractivity contribution in [2.24, 2.45) is 0 Å². The van der Waals surface area contributed by atoms with Crippen LogP contribution in [0.15, 0.2) is 22.7 Å². The molecule has 0 atom stereocenters. The summed E-state index contributed by atoms with van der Waals surface area (Å²) in [6, 6.07) is 4.67. The minimum atomic E-state index is -4.66. The van der Waals surface area contributed by atoms with E-state index < -0.39 is 6.36 Å². The van der Waals surface area contributed by atoms with Crippen LogP contribution in [0, 0.1) is 0 Å². The topological polar surface area (TPSA) is 21.3 Å². The van der Waals surface area contributed by atoms with Crippen LogP contribution >= 0.6 is 15.9 Å². The standard InChI is InChI=1S/C11H13BrF3NO/c1-7(2)16-6-8-3-9(12)5-10(4-8)17-11(13,14)15/h3-5,7,16H,6H2,1-2H3. The maximum absolute atomic E-state index is 12.1. The summed E-state index contributed by atoms with van der Waals surface area (Å²) in [6.07, 6.45) is -4.66. The maximum Gasteiger partial charge on any atom is 0.573 e. The quantitative estimate of drug-likeness (QED) is 0.912. The number of halogens is 4. The fourth-order valence-electron chi connectivity index (χ4n) is 1.24. The summed E-state index contributed by atoms with van der Waals surface area (Å²) in [5, 5.41) is 3.12. The molecular weight excluding hydrogens is 299 g/mol. The van der Waals surface area contributed by atoms with E-state index in [4.69, 9.17) is 0 Å². The predicted molar refractivity (Wildman–Crippen MR) is 62.8 cm³/mol. The number of benzene rings is 1. The van der Waals surface area contributed by atoms with Crippen LogP contribution in [0.1, 0.15) is 19.4 Å². The Hall–Kier alpha value is -0.750. The molecule has 0 amide bonds. The van der Waals surface area contributed by atoms with E-state index in [2.05, 4.69) is 26.0 Å². The molecule has 0 aliphatic carbocycles. The maximum atomic E-state index is 12.1. The summed E-state index contributed by atoms with van der Waals surface area (Å²) in [6.45, 7) is 4.42. The van der Waals surface area contributed by atoms with Gasteiger partial charge < -0.3 is 10.1 Å². The minimum absolute atomic E-state index is 0.215. The van der Waals surface area contributed by atoms with Crippen LogP contribution in [-0.4, -0.2) is 12.4 Å². The molecule has 0 radical (unpaired) electrons. The molecule has 0 heterocycles.